The highest BCUT2D eigenvalue weighted by atomic mass is 16.7. The molecule has 1 aromatic rings. The van der Waals surface area contributed by atoms with E-state index in [2.05, 4.69) is 17.6 Å². The van der Waals surface area contributed by atoms with E-state index >= 15 is 0 Å². The maximum absolute atomic E-state index is 13.4. The zero-order valence-electron chi connectivity index (χ0n) is 22.0. The fraction of sp³-hybridized carbons (Fsp3) is 0.667. The largest absolute Gasteiger partial charge is 0.443 e. The van der Waals surface area contributed by atoms with Crippen molar-refractivity contribution in [1.29, 1.82) is 0 Å². The molecular formula is C27H40N4O5. The summed E-state index contributed by atoms with van der Waals surface area (Å²) in [6.07, 6.45) is 8.36. The average Bonchev–Trinajstić information content (AvgIpc) is 3.09. The fourth-order valence-corrected chi connectivity index (χ4v) is 4.95. The Labute approximate surface area is 213 Å². The lowest BCUT2D eigenvalue weighted by Gasteiger charge is -2.29. The number of rotatable bonds is 6. The van der Waals surface area contributed by atoms with Crippen molar-refractivity contribution in [2.75, 3.05) is 19.8 Å². The van der Waals surface area contributed by atoms with Gasteiger partial charge in [0.25, 0.3) is 5.91 Å². The van der Waals surface area contributed by atoms with Crippen molar-refractivity contribution in [3.63, 3.8) is 0 Å². The molecule has 0 bridgehead atoms. The summed E-state index contributed by atoms with van der Waals surface area (Å²) in [6.45, 7) is 9.47. The molecule has 3 unspecified atom stereocenters. The van der Waals surface area contributed by atoms with E-state index in [1.54, 1.807) is 20.8 Å². The molecule has 0 radical (unpaired) electrons. The van der Waals surface area contributed by atoms with Crippen molar-refractivity contribution in [2.45, 2.75) is 90.8 Å². The van der Waals surface area contributed by atoms with Gasteiger partial charge < -0.3 is 24.5 Å². The Morgan fingerprint density at radius 2 is 2.11 bits per heavy atom. The van der Waals surface area contributed by atoms with Gasteiger partial charge in [-0.2, -0.15) is 0 Å². The quantitative estimate of drug-likeness (QED) is 0.632. The van der Waals surface area contributed by atoms with Gasteiger partial charge in [0, 0.05) is 31.8 Å². The van der Waals surface area contributed by atoms with Crippen molar-refractivity contribution in [1.82, 2.24) is 9.47 Å². The van der Waals surface area contributed by atoms with Crippen LogP contribution in [0.2, 0.25) is 0 Å². The standard InChI is InChI=1S/C27H40N4O5/c1-5-18-9-8-10-20(29-24(18)28)22-17-19-21(30(22)14-16-35-23-11-6-7-15-34-23)12-13-31(25(19)32)26(33)36-27(2,3)4/h8,10,17-18,23-24H,5-7,9,11-16,28H2,1-4H3. The first-order valence-electron chi connectivity index (χ1n) is 13.2. The summed E-state index contributed by atoms with van der Waals surface area (Å²) >= 11 is 0. The zero-order chi connectivity index (χ0) is 25.9. The van der Waals surface area contributed by atoms with Crippen LogP contribution >= 0.6 is 0 Å². The second-order valence-corrected chi connectivity index (χ2v) is 10.7. The molecule has 3 atom stereocenters. The van der Waals surface area contributed by atoms with Crippen LogP contribution in [0, 0.1) is 5.92 Å². The van der Waals surface area contributed by atoms with Crippen molar-refractivity contribution in [2.24, 2.45) is 16.6 Å². The number of carbonyl (C=O) groups is 2. The first-order chi connectivity index (χ1) is 17.2. The molecule has 4 rings (SSSR count). The summed E-state index contributed by atoms with van der Waals surface area (Å²) in [5.74, 6) is -0.0798. The topological polar surface area (TPSA) is 108 Å². The van der Waals surface area contributed by atoms with Crippen LogP contribution in [-0.4, -0.2) is 65.0 Å². The van der Waals surface area contributed by atoms with Crippen LogP contribution in [0.4, 0.5) is 4.79 Å². The molecule has 9 heteroatoms. The van der Waals surface area contributed by atoms with Gasteiger partial charge in [-0.1, -0.05) is 13.0 Å². The Kier molecular flexibility index (Phi) is 8.32. The maximum atomic E-state index is 13.4. The fourth-order valence-electron chi connectivity index (χ4n) is 4.95. The highest BCUT2D eigenvalue weighted by Gasteiger charge is 2.36. The smallest absolute Gasteiger partial charge is 0.417 e. The Morgan fingerprint density at radius 1 is 1.31 bits per heavy atom. The van der Waals surface area contributed by atoms with Crippen LogP contribution in [0.3, 0.4) is 0 Å². The van der Waals surface area contributed by atoms with Crippen LogP contribution in [0.5, 0.6) is 0 Å². The van der Waals surface area contributed by atoms with E-state index in [0.717, 1.165) is 55.8 Å². The van der Waals surface area contributed by atoms with Gasteiger partial charge >= 0.3 is 6.09 Å². The summed E-state index contributed by atoms with van der Waals surface area (Å²) in [4.78, 5) is 32.2. The molecule has 198 valence electrons. The minimum atomic E-state index is -0.681. The van der Waals surface area contributed by atoms with Gasteiger partial charge in [-0.3, -0.25) is 9.79 Å². The predicted molar refractivity (Wildman–Crippen MR) is 137 cm³/mol. The molecule has 1 fully saturated rings. The van der Waals surface area contributed by atoms with Crippen molar-refractivity contribution < 1.29 is 23.8 Å². The van der Waals surface area contributed by atoms with E-state index in [0.29, 0.717) is 25.1 Å². The van der Waals surface area contributed by atoms with Gasteiger partial charge in [0.2, 0.25) is 0 Å². The molecule has 3 aliphatic rings. The summed E-state index contributed by atoms with van der Waals surface area (Å²) in [7, 11) is 0. The third-order valence-electron chi connectivity index (χ3n) is 6.90. The van der Waals surface area contributed by atoms with E-state index < -0.39 is 11.7 Å². The number of ether oxygens (including phenoxy) is 3. The second kappa shape index (κ2) is 11.3. The number of aromatic nitrogens is 1. The van der Waals surface area contributed by atoms with Gasteiger partial charge in [-0.05, 0) is 70.9 Å². The zero-order valence-corrected chi connectivity index (χ0v) is 22.0. The number of aliphatic imine (C=N–C) groups is 1. The number of hydrogen-bond donors (Lipinski definition) is 1. The minimum Gasteiger partial charge on any atom is -0.443 e. The minimum absolute atomic E-state index is 0.188. The first kappa shape index (κ1) is 26.6. The SMILES string of the molecule is CCC1CC=CC(c2cc3c(n2CCOC2CCCCO2)CCN(C(=O)OC(C)(C)C)C3=O)=NC1N. The van der Waals surface area contributed by atoms with E-state index in [1.807, 2.05) is 12.1 Å². The summed E-state index contributed by atoms with van der Waals surface area (Å²) in [5, 5.41) is 0. The summed E-state index contributed by atoms with van der Waals surface area (Å²) in [6, 6.07) is 1.84. The highest BCUT2D eigenvalue weighted by Crippen LogP contribution is 2.28. The number of nitrogens with two attached hydrogens (primary N) is 1. The number of fused-ring (bicyclic) bond motifs is 1. The van der Waals surface area contributed by atoms with Gasteiger partial charge in [0.05, 0.1) is 23.6 Å². The average molecular weight is 501 g/mol. The number of carbonyl (C=O) groups excluding carboxylic acids is 2. The van der Waals surface area contributed by atoms with Gasteiger partial charge in [-0.25, -0.2) is 9.69 Å². The Bertz CT molecular complexity index is 1020. The van der Waals surface area contributed by atoms with E-state index in [4.69, 9.17) is 24.9 Å². The Morgan fingerprint density at radius 3 is 2.81 bits per heavy atom. The van der Waals surface area contributed by atoms with Crippen molar-refractivity contribution in [3.05, 3.63) is 35.2 Å². The molecule has 1 saturated heterocycles. The molecule has 2 amide bonds. The third kappa shape index (κ3) is 6.07. The van der Waals surface area contributed by atoms with Crippen molar-refractivity contribution in [3.8, 4) is 0 Å². The molecule has 3 aliphatic heterocycles. The monoisotopic (exact) mass is 500 g/mol. The van der Waals surface area contributed by atoms with Gasteiger partial charge in [-0.15, -0.1) is 0 Å². The van der Waals surface area contributed by atoms with Crippen LogP contribution in [0.1, 0.15) is 81.5 Å². The molecule has 0 spiro atoms. The van der Waals surface area contributed by atoms with E-state index in [9.17, 15) is 9.59 Å². The molecule has 0 saturated carbocycles. The Hall–Kier alpha value is -2.49. The molecular weight excluding hydrogens is 460 g/mol. The lowest BCUT2D eigenvalue weighted by molar-refractivity contribution is -0.163. The number of amides is 2. The second-order valence-electron chi connectivity index (χ2n) is 10.7. The van der Waals surface area contributed by atoms with E-state index in [1.165, 1.54) is 4.90 Å². The number of hydrogen-bond acceptors (Lipinski definition) is 7. The lowest BCUT2D eigenvalue weighted by Crippen LogP contribution is -2.44. The van der Waals surface area contributed by atoms with Gasteiger partial charge in [0.1, 0.15) is 11.8 Å². The normalized spacial score (nSPS) is 24.8. The summed E-state index contributed by atoms with van der Waals surface area (Å²) in [5.41, 5.74) is 8.68. The number of nitrogens with zero attached hydrogens (tertiary/aromatic N) is 3. The number of allylic oxidation sites excluding steroid dienone is 2. The maximum Gasteiger partial charge on any atom is 0.417 e. The van der Waals surface area contributed by atoms with Crippen LogP contribution in [0.15, 0.2) is 23.2 Å². The highest BCUT2D eigenvalue weighted by molar-refractivity contribution is 6.11. The molecule has 2 N–H and O–H groups in total. The van der Waals surface area contributed by atoms with Gasteiger partial charge in [0.15, 0.2) is 6.29 Å². The molecule has 0 aromatic carbocycles. The van der Waals surface area contributed by atoms with Crippen molar-refractivity contribution >= 4 is 17.7 Å². The molecule has 0 aliphatic carbocycles. The van der Waals surface area contributed by atoms with Crippen LogP contribution in [-0.2, 0) is 27.2 Å². The molecule has 4 heterocycles. The predicted octanol–water partition coefficient (Wildman–Crippen LogP) is 4.02. The summed E-state index contributed by atoms with van der Waals surface area (Å²) < 4.78 is 19.3. The molecule has 36 heavy (non-hydrogen) atoms. The molecule has 9 nitrogen and oxygen atoms in total. The third-order valence-corrected chi connectivity index (χ3v) is 6.90. The van der Waals surface area contributed by atoms with E-state index in [-0.39, 0.29) is 30.8 Å². The Balaban J connectivity index is 1.63. The first-order valence-corrected chi connectivity index (χ1v) is 13.2. The lowest BCUT2D eigenvalue weighted by atomic mass is 10.00. The number of imide groups is 1. The molecule has 1 aromatic heterocycles. The van der Waals surface area contributed by atoms with Crippen LogP contribution < -0.4 is 5.73 Å². The van der Waals surface area contributed by atoms with Crippen LogP contribution in [0.25, 0.3) is 0 Å².